The lowest BCUT2D eigenvalue weighted by Gasteiger charge is -2.07. The minimum atomic E-state index is -0.790. The summed E-state index contributed by atoms with van der Waals surface area (Å²) in [5.74, 6) is -3.09. The molecule has 0 amide bonds. The Morgan fingerprint density at radius 3 is 0.811 bits per heavy atom. The van der Waals surface area contributed by atoms with Gasteiger partial charge in [-0.15, -0.1) is 0 Å². The monoisotopic (exact) mass is 532 g/mol. The van der Waals surface area contributed by atoms with E-state index >= 15 is 0 Å². The molecule has 2 aromatic rings. The highest BCUT2D eigenvalue weighted by Gasteiger charge is 2.13. The third-order valence-electron chi connectivity index (χ3n) is 3.48. The first kappa shape index (κ1) is 50.2. The molecular weight excluding hydrogens is 484 g/mol. The van der Waals surface area contributed by atoms with Gasteiger partial charge in [0, 0.05) is 0 Å². The molecule has 2 aromatic carbocycles. The summed E-state index contributed by atoms with van der Waals surface area (Å²) in [5, 5.41) is 17.1. The number of carbonyl (C=O) groups excluding carboxylic acids is 4. The molecule has 0 aliphatic rings. The Morgan fingerprint density at radius 2 is 0.622 bits per heavy atom. The maximum absolute atomic E-state index is 11.9. The van der Waals surface area contributed by atoms with Gasteiger partial charge in [0.25, 0.3) is 0 Å². The van der Waals surface area contributed by atoms with Crippen molar-refractivity contribution in [2.24, 2.45) is 0 Å². The summed E-state index contributed by atoms with van der Waals surface area (Å²) in [6.07, 6.45) is 0. The van der Waals surface area contributed by atoms with Crippen LogP contribution in [0.4, 0.5) is 0 Å². The van der Waals surface area contributed by atoms with Gasteiger partial charge in [-0.05, 0) is 48.5 Å². The van der Waals surface area contributed by atoms with Gasteiger partial charge in [-0.1, -0.05) is 59.4 Å². The van der Waals surface area contributed by atoms with Gasteiger partial charge in [-0.2, -0.15) is 0 Å². The van der Waals surface area contributed by atoms with E-state index in [1.807, 2.05) is 0 Å². The van der Waals surface area contributed by atoms with Crippen molar-refractivity contribution >= 4 is 23.9 Å². The Kier molecular flexibility index (Phi) is 34.4. The van der Waals surface area contributed by atoms with Gasteiger partial charge in [0.15, 0.2) is 13.6 Å². The van der Waals surface area contributed by atoms with Crippen molar-refractivity contribution in [3.8, 4) is 0 Å². The maximum atomic E-state index is 11.9. The molecule has 0 fully saturated rings. The summed E-state index contributed by atoms with van der Waals surface area (Å²) < 4.78 is 18.4. The fourth-order valence-corrected chi connectivity index (χ4v) is 2.07. The second-order valence-corrected chi connectivity index (χ2v) is 5.26. The van der Waals surface area contributed by atoms with E-state index < -0.39 is 44.3 Å². The molecule has 0 aliphatic carbocycles. The smallest absolute Gasteiger partial charge is 0.340 e. The number of carbonyl (C=O) groups is 4. The molecule has 216 valence electrons. The normalized spacial score (nSPS) is 7.84. The van der Waals surface area contributed by atoms with E-state index in [0.29, 0.717) is 0 Å². The summed E-state index contributed by atoms with van der Waals surface area (Å²) in [7, 11) is 0. The number of esters is 4. The fraction of sp³-hybridized carbons (Fsp3) is 0.407. The molecule has 0 saturated heterocycles. The zero-order valence-electron chi connectivity index (χ0n) is 14.9. The Hall–Kier alpha value is -3.76. The Bertz CT molecular complexity index is 802. The van der Waals surface area contributed by atoms with Crippen LogP contribution >= 0.6 is 0 Å². The molecule has 10 nitrogen and oxygen atoms in total. The van der Waals surface area contributed by atoms with Crippen molar-refractivity contribution < 1.29 is 48.3 Å². The fourth-order valence-electron chi connectivity index (χ4n) is 2.07. The predicted molar refractivity (Wildman–Crippen MR) is 147 cm³/mol. The molecule has 0 heterocycles. The molecule has 2 N–H and O–H groups in total. The van der Waals surface area contributed by atoms with Crippen LogP contribution in [-0.2, 0) is 18.9 Å². The SMILES string of the molecule is C.C.C.C.C.C.C.C.O=C(OCO)c1ccc(C(=O)OCOC(=O)c2ccc(C(=O)OCO)cc2)cc1. The van der Waals surface area contributed by atoms with Crippen molar-refractivity contribution in [1.29, 1.82) is 0 Å². The first-order valence-electron chi connectivity index (χ1n) is 8.06. The number of benzene rings is 2. The highest BCUT2D eigenvalue weighted by Crippen LogP contribution is 2.09. The van der Waals surface area contributed by atoms with Crippen LogP contribution < -0.4 is 0 Å². The molecule has 0 spiro atoms. The number of aliphatic hydroxyl groups excluding tert-OH is 2. The van der Waals surface area contributed by atoms with Crippen LogP contribution in [0.1, 0.15) is 101 Å². The second-order valence-electron chi connectivity index (χ2n) is 5.26. The lowest BCUT2D eigenvalue weighted by atomic mass is 10.1. The molecule has 0 aliphatic heterocycles. The highest BCUT2D eigenvalue weighted by molar-refractivity contribution is 5.94. The van der Waals surface area contributed by atoms with E-state index in [0.717, 1.165) is 0 Å². The van der Waals surface area contributed by atoms with Gasteiger partial charge in [-0.3, -0.25) is 0 Å². The summed E-state index contributed by atoms with van der Waals surface area (Å²) in [6, 6.07) is 10.5. The Labute approximate surface area is 223 Å². The number of hydrogen-bond acceptors (Lipinski definition) is 10. The number of hydrogen-bond donors (Lipinski definition) is 2. The molecule has 0 atom stereocenters. The van der Waals surface area contributed by atoms with Gasteiger partial charge < -0.3 is 29.2 Å². The molecule has 0 unspecified atom stereocenters. The highest BCUT2D eigenvalue weighted by atomic mass is 16.7. The summed E-state index contributed by atoms with van der Waals surface area (Å²) >= 11 is 0. The van der Waals surface area contributed by atoms with Gasteiger partial charge in [0.1, 0.15) is 0 Å². The van der Waals surface area contributed by atoms with E-state index in [4.69, 9.17) is 19.7 Å². The molecular formula is C27H48O10. The van der Waals surface area contributed by atoms with E-state index in [1.54, 1.807) is 0 Å². The lowest BCUT2D eigenvalue weighted by molar-refractivity contribution is -0.0169. The molecule has 0 saturated carbocycles. The van der Waals surface area contributed by atoms with Crippen molar-refractivity contribution in [3.63, 3.8) is 0 Å². The molecule has 10 heteroatoms. The summed E-state index contributed by atoms with van der Waals surface area (Å²) in [6.45, 7) is -2.17. The van der Waals surface area contributed by atoms with Crippen LogP contribution in [-0.4, -0.2) is 54.5 Å². The van der Waals surface area contributed by atoms with Crippen LogP contribution in [0.2, 0.25) is 0 Å². The van der Waals surface area contributed by atoms with Gasteiger partial charge in [-0.25, -0.2) is 19.2 Å². The van der Waals surface area contributed by atoms with E-state index in [-0.39, 0.29) is 81.7 Å². The van der Waals surface area contributed by atoms with Crippen LogP contribution in [0.5, 0.6) is 0 Å². The standard InChI is InChI=1S/C19H16O10.8CH4/c20-9-26-16(22)12-1-5-14(6-2-12)18(24)28-11-29-19(25)15-7-3-13(4-8-15)17(23)27-10-21;;;;;;;;/h1-8,20-21H,9-11H2;8*1H4. The van der Waals surface area contributed by atoms with Crippen LogP contribution in [0.3, 0.4) is 0 Å². The van der Waals surface area contributed by atoms with Gasteiger partial charge in [0.05, 0.1) is 22.3 Å². The van der Waals surface area contributed by atoms with Crippen LogP contribution in [0.15, 0.2) is 48.5 Å². The van der Waals surface area contributed by atoms with Crippen LogP contribution in [0, 0.1) is 0 Å². The average Bonchev–Trinajstić information content (AvgIpc) is 2.74. The molecule has 2 rings (SSSR count). The quantitative estimate of drug-likeness (QED) is 0.237. The zero-order valence-corrected chi connectivity index (χ0v) is 14.9. The number of ether oxygens (including phenoxy) is 4. The number of aliphatic hydroxyl groups is 2. The zero-order chi connectivity index (χ0) is 21.2. The molecule has 0 aromatic heterocycles. The van der Waals surface area contributed by atoms with Crippen molar-refractivity contribution in [3.05, 3.63) is 70.8 Å². The molecule has 37 heavy (non-hydrogen) atoms. The number of rotatable bonds is 8. The Morgan fingerprint density at radius 1 is 0.432 bits per heavy atom. The first-order valence-corrected chi connectivity index (χ1v) is 8.06. The van der Waals surface area contributed by atoms with Gasteiger partial charge in [0.2, 0.25) is 6.79 Å². The maximum Gasteiger partial charge on any atom is 0.340 e. The first-order chi connectivity index (χ1) is 14.0. The van der Waals surface area contributed by atoms with Crippen LogP contribution in [0.25, 0.3) is 0 Å². The third-order valence-corrected chi connectivity index (χ3v) is 3.48. The summed E-state index contributed by atoms with van der Waals surface area (Å²) in [5.41, 5.74) is 0.475. The minimum absolute atomic E-state index is 0. The van der Waals surface area contributed by atoms with E-state index in [9.17, 15) is 19.2 Å². The largest absolute Gasteiger partial charge is 0.435 e. The minimum Gasteiger partial charge on any atom is -0.435 e. The lowest BCUT2D eigenvalue weighted by Crippen LogP contribution is -2.14. The van der Waals surface area contributed by atoms with Gasteiger partial charge >= 0.3 is 23.9 Å². The van der Waals surface area contributed by atoms with Crippen molar-refractivity contribution in [2.75, 3.05) is 20.4 Å². The molecule has 0 bridgehead atoms. The topological polar surface area (TPSA) is 146 Å². The van der Waals surface area contributed by atoms with Crippen molar-refractivity contribution in [2.45, 2.75) is 59.4 Å². The Balaban J connectivity index is -0.000000225. The summed E-state index contributed by atoms with van der Waals surface area (Å²) in [4.78, 5) is 46.6. The average molecular weight is 533 g/mol. The van der Waals surface area contributed by atoms with E-state index in [1.165, 1.54) is 48.5 Å². The third kappa shape index (κ3) is 15.1. The molecule has 0 radical (unpaired) electrons. The van der Waals surface area contributed by atoms with E-state index in [2.05, 4.69) is 9.47 Å². The van der Waals surface area contributed by atoms with Crippen molar-refractivity contribution in [1.82, 2.24) is 0 Å². The predicted octanol–water partition coefficient (Wildman–Crippen LogP) is 5.96. The second kappa shape index (κ2) is 25.3.